The highest BCUT2D eigenvalue weighted by molar-refractivity contribution is 7.09. The molecule has 0 saturated heterocycles. The standard InChI is InChI=1S/C30H42BN3O6S/c1-7-8-9-27(36)34(6)25(18(2)3)16-26(40-20(5)35)29-33-24(17-41-29)28(37)32-23(14-19(4)30(38)39)15-21-10-12-22(31)13-11-21/h10-13,17-19,23,25-26H,7-9,14-16H2,1-6H3,(H,32,37)(H,38,39). The number of carbonyl (C=O) groups excluding carboxylic acids is 3. The fraction of sp³-hybridized carbons (Fsp3) is 0.567. The number of rotatable bonds is 16. The zero-order valence-corrected chi connectivity index (χ0v) is 25.7. The summed E-state index contributed by atoms with van der Waals surface area (Å²) in [5.41, 5.74) is 1.68. The number of benzene rings is 1. The van der Waals surface area contributed by atoms with Crippen molar-refractivity contribution >= 4 is 48.4 Å². The number of nitrogens with one attached hydrogen (secondary N) is 1. The van der Waals surface area contributed by atoms with Gasteiger partial charge in [0.25, 0.3) is 5.91 Å². The largest absolute Gasteiger partial charge is 0.481 e. The highest BCUT2D eigenvalue weighted by Gasteiger charge is 2.31. The molecule has 0 spiro atoms. The molecule has 1 aromatic heterocycles. The van der Waals surface area contributed by atoms with Gasteiger partial charge in [-0.1, -0.05) is 63.8 Å². The van der Waals surface area contributed by atoms with E-state index in [1.54, 1.807) is 36.4 Å². The summed E-state index contributed by atoms with van der Waals surface area (Å²) in [5, 5.41) is 14.4. The number of aliphatic carboxylic acids is 1. The van der Waals surface area contributed by atoms with Crippen LogP contribution < -0.4 is 10.8 Å². The van der Waals surface area contributed by atoms with Crippen molar-refractivity contribution in [3.8, 4) is 0 Å². The Hall–Kier alpha value is -3.21. The van der Waals surface area contributed by atoms with Crippen molar-refractivity contribution in [3.63, 3.8) is 0 Å². The molecule has 2 radical (unpaired) electrons. The van der Waals surface area contributed by atoms with Crippen molar-refractivity contribution < 1.29 is 29.0 Å². The minimum atomic E-state index is -0.945. The fourth-order valence-corrected chi connectivity index (χ4v) is 5.48. The molecule has 0 saturated carbocycles. The second-order valence-corrected chi connectivity index (χ2v) is 11.8. The van der Waals surface area contributed by atoms with Gasteiger partial charge in [0.05, 0.1) is 5.92 Å². The predicted octanol–water partition coefficient (Wildman–Crippen LogP) is 4.06. The number of ether oxygens (including phenoxy) is 1. The summed E-state index contributed by atoms with van der Waals surface area (Å²) in [5.74, 6) is -2.41. The van der Waals surface area contributed by atoms with Gasteiger partial charge in [0, 0.05) is 44.3 Å². The van der Waals surface area contributed by atoms with E-state index < -0.39 is 35.9 Å². The second-order valence-electron chi connectivity index (χ2n) is 10.9. The lowest BCUT2D eigenvalue weighted by Gasteiger charge is -2.33. The molecule has 1 aromatic carbocycles. The second kappa shape index (κ2) is 16.3. The summed E-state index contributed by atoms with van der Waals surface area (Å²) in [6.07, 6.45) is 2.44. The topological polar surface area (TPSA) is 126 Å². The number of carboxylic acids is 1. The first-order chi connectivity index (χ1) is 19.3. The molecule has 4 unspecified atom stereocenters. The molecule has 2 rings (SSSR count). The smallest absolute Gasteiger partial charge is 0.306 e. The number of carboxylic acid groups (broad SMARTS) is 1. The van der Waals surface area contributed by atoms with Crippen molar-refractivity contribution in [1.82, 2.24) is 15.2 Å². The van der Waals surface area contributed by atoms with Crippen LogP contribution in [0.3, 0.4) is 0 Å². The highest BCUT2D eigenvalue weighted by atomic mass is 32.1. The molecule has 41 heavy (non-hydrogen) atoms. The summed E-state index contributed by atoms with van der Waals surface area (Å²) in [6.45, 7) is 8.98. The maximum atomic E-state index is 13.2. The Morgan fingerprint density at radius 3 is 2.34 bits per heavy atom. The third-order valence-electron chi connectivity index (χ3n) is 7.06. The quantitative estimate of drug-likeness (QED) is 0.226. The lowest BCUT2D eigenvalue weighted by molar-refractivity contribution is -0.148. The van der Waals surface area contributed by atoms with Gasteiger partial charge in [-0.2, -0.15) is 0 Å². The van der Waals surface area contributed by atoms with E-state index in [0.29, 0.717) is 29.7 Å². The number of carbonyl (C=O) groups is 4. The van der Waals surface area contributed by atoms with Crippen molar-refractivity contribution in [3.05, 3.63) is 45.9 Å². The molecule has 0 fully saturated rings. The normalized spacial score (nSPS) is 14.1. The lowest BCUT2D eigenvalue weighted by Crippen LogP contribution is -2.41. The van der Waals surface area contributed by atoms with Gasteiger partial charge >= 0.3 is 11.9 Å². The summed E-state index contributed by atoms with van der Waals surface area (Å²) in [6, 6.07) is 6.55. The number of hydrogen-bond donors (Lipinski definition) is 2. The molecule has 0 bridgehead atoms. The monoisotopic (exact) mass is 583 g/mol. The number of aromatic nitrogens is 1. The molecular weight excluding hydrogens is 541 g/mol. The number of esters is 1. The lowest BCUT2D eigenvalue weighted by atomic mass is 9.92. The van der Waals surface area contributed by atoms with Crippen molar-refractivity contribution in [1.29, 1.82) is 0 Å². The average Bonchev–Trinajstić information content (AvgIpc) is 3.40. The molecule has 2 amide bonds. The molecule has 4 atom stereocenters. The van der Waals surface area contributed by atoms with E-state index >= 15 is 0 Å². The number of nitrogens with zero attached hydrogens (tertiary/aromatic N) is 2. The molecule has 0 aliphatic carbocycles. The zero-order valence-electron chi connectivity index (χ0n) is 24.9. The molecule has 1 heterocycles. The van der Waals surface area contributed by atoms with E-state index in [1.165, 1.54) is 18.3 Å². The Balaban J connectivity index is 2.24. The van der Waals surface area contributed by atoms with E-state index in [2.05, 4.69) is 10.3 Å². The Kier molecular flexibility index (Phi) is 13.5. The highest BCUT2D eigenvalue weighted by Crippen LogP contribution is 2.30. The summed E-state index contributed by atoms with van der Waals surface area (Å²) in [4.78, 5) is 55.8. The van der Waals surface area contributed by atoms with Crippen LogP contribution in [0.4, 0.5) is 0 Å². The van der Waals surface area contributed by atoms with E-state index in [1.807, 2.05) is 32.9 Å². The summed E-state index contributed by atoms with van der Waals surface area (Å²) < 4.78 is 5.63. The van der Waals surface area contributed by atoms with Crippen LogP contribution in [0.15, 0.2) is 29.6 Å². The van der Waals surface area contributed by atoms with Crippen LogP contribution in [0.5, 0.6) is 0 Å². The molecule has 2 N–H and O–H groups in total. The van der Waals surface area contributed by atoms with E-state index in [4.69, 9.17) is 12.6 Å². The van der Waals surface area contributed by atoms with Crippen molar-refractivity contribution in [2.24, 2.45) is 11.8 Å². The van der Waals surface area contributed by atoms with Crippen molar-refractivity contribution in [2.75, 3.05) is 7.05 Å². The molecule has 2 aromatic rings. The van der Waals surface area contributed by atoms with Crippen molar-refractivity contribution in [2.45, 2.75) is 91.3 Å². The molecule has 222 valence electrons. The SMILES string of the molecule is [B]c1ccc(CC(CC(C)C(=O)O)NC(=O)c2csc(C(CC(C(C)C)N(C)C(=O)CCCC)OC(C)=O)n2)cc1. The number of hydrogen-bond acceptors (Lipinski definition) is 7. The van der Waals surface area contributed by atoms with Crippen LogP contribution >= 0.6 is 11.3 Å². The Morgan fingerprint density at radius 2 is 1.78 bits per heavy atom. The Bertz CT molecular complexity index is 1170. The summed E-state index contributed by atoms with van der Waals surface area (Å²) in [7, 11) is 7.55. The van der Waals surface area contributed by atoms with Gasteiger partial charge in [0.15, 0.2) is 6.10 Å². The molecular formula is C30H42BN3O6S. The number of unbranched alkanes of at least 4 members (excludes halogenated alkanes) is 1. The van der Waals surface area contributed by atoms with Crippen LogP contribution in [0, 0.1) is 11.8 Å². The van der Waals surface area contributed by atoms with Crippen LogP contribution in [-0.4, -0.2) is 65.7 Å². The maximum Gasteiger partial charge on any atom is 0.306 e. The van der Waals surface area contributed by atoms with Gasteiger partial charge in [-0.3, -0.25) is 19.2 Å². The minimum Gasteiger partial charge on any atom is -0.481 e. The molecule has 11 heteroatoms. The third kappa shape index (κ3) is 10.9. The fourth-order valence-electron chi connectivity index (χ4n) is 4.64. The zero-order chi connectivity index (χ0) is 30.7. The molecule has 0 aliphatic heterocycles. The Morgan fingerprint density at radius 1 is 1.12 bits per heavy atom. The Labute approximate surface area is 248 Å². The van der Waals surface area contributed by atoms with Gasteiger partial charge in [-0.25, -0.2) is 4.98 Å². The van der Waals surface area contributed by atoms with Gasteiger partial charge in [-0.05, 0) is 30.7 Å². The minimum absolute atomic E-state index is 0.0362. The average molecular weight is 584 g/mol. The number of amides is 2. The number of thiazole rings is 1. The molecule has 0 aliphatic rings. The first kappa shape index (κ1) is 34.0. The summed E-state index contributed by atoms with van der Waals surface area (Å²) >= 11 is 1.21. The van der Waals surface area contributed by atoms with Gasteiger partial charge in [-0.15, -0.1) is 11.3 Å². The third-order valence-corrected chi connectivity index (χ3v) is 7.99. The van der Waals surface area contributed by atoms with Crippen LogP contribution in [-0.2, 0) is 25.5 Å². The first-order valence-electron chi connectivity index (χ1n) is 14.1. The maximum absolute atomic E-state index is 13.2. The van der Waals surface area contributed by atoms with Crippen LogP contribution in [0.1, 0.15) is 93.9 Å². The van der Waals surface area contributed by atoms with Crippen LogP contribution in [0.25, 0.3) is 0 Å². The first-order valence-corrected chi connectivity index (χ1v) is 15.0. The van der Waals surface area contributed by atoms with Crippen LogP contribution in [0.2, 0.25) is 0 Å². The van der Waals surface area contributed by atoms with Gasteiger partial charge in [0.2, 0.25) is 5.91 Å². The van der Waals surface area contributed by atoms with E-state index in [-0.39, 0.29) is 30.0 Å². The van der Waals surface area contributed by atoms with Gasteiger partial charge in [0.1, 0.15) is 18.5 Å². The molecule has 9 nitrogen and oxygen atoms in total. The van der Waals surface area contributed by atoms with E-state index in [0.717, 1.165) is 18.4 Å². The van der Waals surface area contributed by atoms with E-state index in [9.17, 15) is 24.3 Å². The predicted molar refractivity (Wildman–Crippen MR) is 160 cm³/mol. The van der Waals surface area contributed by atoms with Gasteiger partial charge < -0.3 is 20.1 Å².